The van der Waals surface area contributed by atoms with Crippen LogP contribution in [0.15, 0.2) is 60.7 Å². The zero-order valence-corrected chi connectivity index (χ0v) is 14.2. The highest BCUT2D eigenvalue weighted by atomic mass is 16.5. The molecule has 1 amide bonds. The van der Waals surface area contributed by atoms with Crippen LogP contribution >= 0.6 is 0 Å². The zero-order chi connectivity index (χ0) is 17.1. The summed E-state index contributed by atoms with van der Waals surface area (Å²) in [6.07, 6.45) is 0. The van der Waals surface area contributed by atoms with Gasteiger partial charge in [0.15, 0.2) is 0 Å². The molecule has 3 aromatic rings. The van der Waals surface area contributed by atoms with Crippen molar-refractivity contribution < 1.29 is 9.53 Å². The Labute approximate surface area is 142 Å². The molecule has 122 valence electrons. The highest BCUT2D eigenvalue weighted by molar-refractivity contribution is 5.97. The lowest BCUT2D eigenvalue weighted by Gasteiger charge is -2.15. The molecule has 0 saturated carbocycles. The average molecular weight is 319 g/mol. The molecule has 1 N–H and O–H groups in total. The Morgan fingerprint density at radius 3 is 2.46 bits per heavy atom. The Bertz CT molecular complexity index is 886. The monoisotopic (exact) mass is 319 g/mol. The summed E-state index contributed by atoms with van der Waals surface area (Å²) < 4.78 is 5.25. The van der Waals surface area contributed by atoms with Gasteiger partial charge in [-0.15, -0.1) is 0 Å². The van der Waals surface area contributed by atoms with Gasteiger partial charge in [0, 0.05) is 5.69 Å². The fourth-order valence-electron chi connectivity index (χ4n) is 2.74. The molecule has 0 radical (unpaired) electrons. The lowest BCUT2D eigenvalue weighted by Crippen LogP contribution is -2.19. The van der Waals surface area contributed by atoms with Crippen molar-refractivity contribution in [2.75, 3.05) is 12.4 Å². The van der Waals surface area contributed by atoms with Crippen molar-refractivity contribution in [2.45, 2.75) is 19.8 Å². The van der Waals surface area contributed by atoms with Gasteiger partial charge in [0.1, 0.15) is 5.75 Å². The molecule has 1 atom stereocenters. The first-order valence-electron chi connectivity index (χ1n) is 8.02. The van der Waals surface area contributed by atoms with E-state index in [1.807, 2.05) is 68.4 Å². The van der Waals surface area contributed by atoms with Crippen molar-refractivity contribution in [3.8, 4) is 5.75 Å². The number of rotatable bonds is 4. The van der Waals surface area contributed by atoms with E-state index in [0.29, 0.717) is 0 Å². The normalized spacial score (nSPS) is 12.0. The van der Waals surface area contributed by atoms with Crippen molar-refractivity contribution >= 4 is 22.4 Å². The SMILES string of the molecule is COc1ccc2cc([C@@H](C)C(=O)Nc3ccccc3C)ccc2c1. The van der Waals surface area contributed by atoms with Crippen molar-refractivity contribution in [1.82, 2.24) is 0 Å². The molecular formula is C21H21NO2. The van der Waals surface area contributed by atoms with E-state index in [1.165, 1.54) is 0 Å². The maximum absolute atomic E-state index is 12.6. The van der Waals surface area contributed by atoms with Gasteiger partial charge in [-0.25, -0.2) is 0 Å². The van der Waals surface area contributed by atoms with Gasteiger partial charge < -0.3 is 10.1 Å². The standard InChI is InChI=1S/C21H21NO2/c1-14-6-4-5-7-20(14)22-21(23)15(2)16-8-9-18-13-19(24-3)11-10-17(18)12-16/h4-13,15H,1-3H3,(H,22,23)/t15-/m1/s1. The summed E-state index contributed by atoms with van der Waals surface area (Å²) in [6.45, 7) is 3.92. The van der Waals surface area contributed by atoms with Gasteiger partial charge in [-0.3, -0.25) is 4.79 Å². The minimum absolute atomic E-state index is 0.00263. The van der Waals surface area contributed by atoms with E-state index < -0.39 is 0 Å². The van der Waals surface area contributed by atoms with E-state index in [4.69, 9.17) is 4.74 Å². The number of nitrogens with one attached hydrogen (secondary N) is 1. The summed E-state index contributed by atoms with van der Waals surface area (Å²) in [5.41, 5.74) is 2.92. The third-order valence-electron chi connectivity index (χ3n) is 4.37. The van der Waals surface area contributed by atoms with Gasteiger partial charge in [0.05, 0.1) is 13.0 Å². The number of carbonyl (C=O) groups excluding carboxylic acids is 1. The number of aryl methyl sites for hydroxylation is 1. The summed E-state index contributed by atoms with van der Waals surface area (Å²) in [7, 11) is 1.66. The summed E-state index contributed by atoms with van der Waals surface area (Å²) in [5.74, 6) is 0.605. The first-order valence-corrected chi connectivity index (χ1v) is 8.02. The van der Waals surface area contributed by atoms with Gasteiger partial charge in [0.25, 0.3) is 0 Å². The number of para-hydroxylation sites is 1. The van der Waals surface area contributed by atoms with Gasteiger partial charge in [0.2, 0.25) is 5.91 Å². The largest absolute Gasteiger partial charge is 0.497 e. The molecule has 0 bridgehead atoms. The van der Waals surface area contributed by atoms with Crippen LogP contribution in [0, 0.1) is 6.92 Å². The van der Waals surface area contributed by atoms with E-state index in [2.05, 4.69) is 11.4 Å². The van der Waals surface area contributed by atoms with E-state index in [-0.39, 0.29) is 11.8 Å². The Morgan fingerprint density at radius 1 is 1.00 bits per heavy atom. The first-order chi connectivity index (χ1) is 11.6. The van der Waals surface area contributed by atoms with Crippen LogP contribution in [0.25, 0.3) is 10.8 Å². The quantitative estimate of drug-likeness (QED) is 0.743. The Balaban J connectivity index is 1.83. The first kappa shape index (κ1) is 16.1. The van der Waals surface area contributed by atoms with Crippen molar-refractivity contribution in [3.05, 3.63) is 71.8 Å². The molecule has 3 nitrogen and oxygen atoms in total. The van der Waals surface area contributed by atoms with E-state index in [0.717, 1.165) is 33.3 Å². The van der Waals surface area contributed by atoms with E-state index >= 15 is 0 Å². The molecule has 24 heavy (non-hydrogen) atoms. The number of anilines is 1. The summed E-state index contributed by atoms with van der Waals surface area (Å²) >= 11 is 0. The van der Waals surface area contributed by atoms with E-state index in [9.17, 15) is 4.79 Å². The fourth-order valence-corrected chi connectivity index (χ4v) is 2.74. The molecule has 0 aliphatic carbocycles. The predicted octanol–water partition coefficient (Wildman–Crippen LogP) is 4.90. The van der Waals surface area contributed by atoms with Crippen LogP contribution in [0.4, 0.5) is 5.69 Å². The molecule has 0 saturated heterocycles. The minimum atomic E-state index is -0.226. The maximum atomic E-state index is 12.6. The van der Waals surface area contributed by atoms with Crippen LogP contribution < -0.4 is 10.1 Å². The number of carbonyl (C=O) groups is 1. The topological polar surface area (TPSA) is 38.3 Å². The molecule has 3 rings (SSSR count). The molecule has 0 unspecified atom stereocenters. The van der Waals surface area contributed by atoms with Gasteiger partial charge in [-0.1, -0.05) is 42.5 Å². The molecule has 0 aromatic heterocycles. The number of fused-ring (bicyclic) bond motifs is 1. The zero-order valence-electron chi connectivity index (χ0n) is 14.2. The summed E-state index contributed by atoms with van der Waals surface area (Å²) in [4.78, 5) is 12.6. The molecule has 3 aromatic carbocycles. The summed E-state index contributed by atoms with van der Waals surface area (Å²) in [6, 6.07) is 19.9. The van der Waals surface area contributed by atoms with Crippen LogP contribution in [0.2, 0.25) is 0 Å². The fraction of sp³-hybridized carbons (Fsp3) is 0.190. The van der Waals surface area contributed by atoms with Crippen LogP contribution in [-0.4, -0.2) is 13.0 Å². The second-order valence-corrected chi connectivity index (χ2v) is 6.00. The molecule has 0 aliphatic rings. The predicted molar refractivity (Wildman–Crippen MR) is 98.7 cm³/mol. The number of benzene rings is 3. The minimum Gasteiger partial charge on any atom is -0.497 e. The molecule has 3 heteroatoms. The van der Waals surface area contributed by atoms with Crippen molar-refractivity contribution in [2.24, 2.45) is 0 Å². The van der Waals surface area contributed by atoms with Crippen molar-refractivity contribution in [1.29, 1.82) is 0 Å². The second kappa shape index (κ2) is 6.75. The molecule has 0 fully saturated rings. The number of methoxy groups -OCH3 is 1. The van der Waals surface area contributed by atoms with Gasteiger partial charge in [-0.2, -0.15) is 0 Å². The number of hydrogen-bond donors (Lipinski definition) is 1. The number of amides is 1. The lowest BCUT2D eigenvalue weighted by atomic mass is 9.97. The summed E-state index contributed by atoms with van der Waals surface area (Å²) in [5, 5.41) is 5.22. The second-order valence-electron chi connectivity index (χ2n) is 6.00. The third-order valence-corrected chi connectivity index (χ3v) is 4.37. The molecule has 0 spiro atoms. The Hall–Kier alpha value is -2.81. The lowest BCUT2D eigenvalue weighted by molar-refractivity contribution is -0.117. The van der Waals surface area contributed by atoms with Crippen LogP contribution in [0.5, 0.6) is 5.75 Å². The van der Waals surface area contributed by atoms with Gasteiger partial charge >= 0.3 is 0 Å². The van der Waals surface area contributed by atoms with Crippen molar-refractivity contribution in [3.63, 3.8) is 0 Å². The number of ether oxygens (including phenoxy) is 1. The maximum Gasteiger partial charge on any atom is 0.231 e. The Kier molecular flexibility index (Phi) is 4.52. The molecule has 0 heterocycles. The van der Waals surface area contributed by atoms with Crippen LogP contribution in [0.3, 0.4) is 0 Å². The van der Waals surface area contributed by atoms with Gasteiger partial charge in [-0.05, 0) is 53.9 Å². The third kappa shape index (κ3) is 3.25. The highest BCUT2D eigenvalue weighted by Gasteiger charge is 2.16. The smallest absolute Gasteiger partial charge is 0.231 e. The average Bonchev–Trinajstić information content (AvgIpc) is 2.62. The van der Waals surface area contributed by atoms with Crippen LogP contribution in [0.1, 0.15) is 24.0 Å². The molecular weight excluding hydrogens is 298 g/mol. The van der Waals surface area contributed by atoms with Crippen LogP contribution in [-0.2, 0) is 4.79 Å². The Morgan fingerprint density at radius 2 is 1.71 bits per heavy atom. The highest BCUT2D eigenvalue weighted by Crippen LogP contribution is 2.26. The number of hydrogen-bond acceptors (Lipinski definition) is 2. The van der Waals surface area contributed by atoms with E-state index in [1.54, 1.807) is 7.11 Å². The molecule has 0 aliphatic heterocycles.